The number of methoxy groups -OCH3 is 1. The normalized spacial score (nSPS) is 21.5. The molecule has 0 aliphatic carbocycles. The number of hydrogen-bond donors (Lipinski definition) is 1. The quantitative estimate of drug-likeness (QED) is 0.647. The van der Waals surface area contributed by atoms with Gasteiger partial charge >= 0.3 is 0 Å². The second-order valence-electron chi connectivity index (χ2n) is 8.80. The number of ether oxygens (including phenoxy) is 2. The minimum atomic E-state index is -0.616. The maximum Gasteiger partial charge on any atom is 0.223 e. The van der Waals surface area contributed by atoms with Crippen molar-refractivity contribution in [1.82, 2.24) is 5.32 Å². The highest BCUT2D eigenvalue weighted by Crippen LogP contribution is 2.52. The van der Waals surface area contributed by atoms with Crippen LogP contribution in [-0.2, 0) is 10.2 Å². The van der Waals surface area contributed by atoms with E-state index in [0.717, 1.165) is 24.2 Å². The molecule has 4 rings (SSSR count). The van der Waals surface area contributed by atoms with Crippen LogP contribution in [0.3, 0.4) is 0 Å². The van der Waals surface area contributed by atoms with Gasteiger partial charge in [0.1, 0.15) is 5.66 Å². The van der Waals surface area contributed by atoms with Crippen LogP contribution in [0.2, 0.25) is 0 Å². The summed E-state index contributed by atoms with van der Waals surface area (Å²) in [5.41, 5.74) is 2.54. The van der Waals surface area contributed by atoms with Crippen LogP contribution in [0.15, 0.2) is 48.5 Å². The van der Waals surface area contributed by atoms with Gasteiger partial charge in [-0.05, 0) is 41.8 Å². The Morgan fingerprint density at radius 2 is 1.97 bits per heavy atom. The molecule has 0 aromatic heterocycles. The molecular weight excluding hydrogens is 388 g/mol. The lowest BCUT2D eigenvalue weighted by atomic mass is 9.74. The van der Waals surface area contributed by atoms with E-state index in [2.05, 4.69) is 67.4 Å². The number of para-hydroxylation sites is 1. The van der Waals surface area contributed by atoms with Crippen molar-refractivity contribution >= 4 is 17.7 Å². The molecule has 1 atom stereocenters. The first-order valence-electron chi connectivity index (χ1n) is 11.1. The summed E-state index contributed by atoms with van der Waals surface area (Å²) in [6, 6.07) is 14.4. The highest BCUT2D eigenvalue weighted by Gasteiger charge is 2.57. The molecule has 1 N–H and O–H groups in total. The highest BCUT2D eigenvalue weighted by atomic mass is 16.5. The van der Waals surface area contributed by atoms with Crippen molar-refractivity contribution in [2.24, 2.45) is 0 Å². The Kier molecular flexibility index (Phi) is 5.69. The topological polar surface area (TPSA) is 50.8 Å². The number of carbonyl (C=O) groups excluding carboxylic acids is 1. The number of anilines is 1. The lowest BCUT2D eigenvalue weighted by Gasteiger charge is -2.49. The van der Waals surface area contributed by atoms with Gasteiger partial charge in [-0.3, -0.25) is 4.79 Å². The van der Waals surface area contributed by atoms with Crippen LogP contribution < -0.4 is 19.7 Å². The molecule has 2 aromatic carbocycles. The van der Waals surface area contributed by atoms with Crippen LogP contribution in [0.25, 0.3) is 6.08 Å². The van der Waals surface area contributed by atoms with E-state index in [0.29, 0.717) is 25.3 Å². The molecule has 2 aromatic rings. The molecule has 5 nitrogen and oxygen atoms in total. The summed E-state index contributed by atoms with van der Waals surface area (Å²) in [6.45, 7) is 7.92. The number of benzene rings is 2. The van der Waals surface area contributed by atoms with Gasteiger partial charge in [0.15, 0.2) is 11.5 Å². The van der Waals surface area contributed by atoms with Gasteiger partial charge in [-0.2, -0.15) is 0 Å². The molecule has 0 radical (unpaired) electrons. The number of fused-ring (bicyclic) bond motifs is 3. The average molecular weight is 421 g/mol. The molecule has 5 heteroatoms. The van der Waals surface area contributed by atoms with Crippen molar-refractivity contribution in [1.29, 1.82) is 0 Å². The zero-order valence-corrected chi connectivity index (χ0v) is 18.9. The number of unbranched alkanes of at least 4 members (excludes halogenated alkanes) is 1. The molecule has 2 heterocycles. The Hall–Kier alpha value is -2.95. The number of amides is 1. The molecule has 0 spiro atoms. The molecule has 2 aliphatic rings. The molecule has 164 valence electrons. The Morgan fingerprint density at radius 1 is 1.16 bits per heavy atom. The van der Waals surface area contributed by atoms with E-state index in [9.17, 15) is 4.79 Å². The third-order valence-electron chi connectivity index (χ3n) is 6.60. The molecule has 0 saturated carbocycles. The van der Waals surface area contributed by atoms with Crippen molar-refractivity contribution in [2.45, 2.75) is 51.1 Å². The van der Waals surface area contributed by atoms with E-state index in [4.69, 9.17) is 9.47 Å². The first kappa shape index (κ1) is 21.3. The second kappa shape index (κ2) is 8.29. The smallest absolute Gasteiger partial charge is 0.223 e. The van der Waals surface area contributed by atoms with E-state index in [-0.39, 0.29) is 11.3 Å². The van der Waals surface area contributed by atoms with Crippen LogP contribution in [0, 0.1) is 0 Å². The van der Waals surface area contributed by atoms with E-state index in [1.165, 1.54) is 11.3 Å². The van der Waals surface area contributed by atoms with E-state index in [1.54, 1.807) is 7.11 Å². The summed E-state index contributed by atoms with van der Waals surface area (Å²) in [6.07, 6.45) is 6.81. The number of nitrogens with one attached hydrogen (secondary N) is 1. The summed E-state index contributed by atoms with van der Waals surface area (Å²) >= 11 is 0. The first-order valence-corrected chi connectivity index (χ1v) is 11.1. The minimum Gasteiger partial charge on any atom is -0.493 e. The Labute approximate surface area is 185 Å². The number of rotatable bonds is 7. The second-order valence-corrected chi connectivity index (χ2v) is 8.80. The molecular formula is C26H32N2O3. The predicted molar refractivity (Wildman–Crippen MR) is 125 cm³/mol. The number of nitrogens with zero attached hydrogens (tertiary/aromatic N) is 1. The van der Waals surface area contributed by atoms with Crippen molar-refractivity contribution in [2.75, 3.05) is 25.2 Å². The van der Waals surface area contributed by atoms with Crippen molar-refractivity contribution < 1.29 is 14.3 Å². The lowest BCUT2D eigenvalue weighted by molar-refractivity contribution is -0.124. The fourth-order valence-corrected chi connectivity index (χ4v) is 4.77. The largest absolute Gasteiger partial charge is 0.493 e. The lowest BCUT2D eigenvalue weighted by Crippen LogP contribution is -2.68. The number of carbonyl (C=O) groups is 1. The zero-order valence-electron chi connectivity index (χ0n) is 18.9. The van der Waals surface area contributed by atoms with Gasteiger partial charge in [0.05, 0.1) is 13.7 Å². The average Bonchev–Trinajstić information content (AvgIpc) is 2.97. The van der Waals surface area contributed by atoms with Gasteiger partial charge in [-0.25, -0.2) is 0 Å². The fourth-order valence-electron chi connectivity index (χ4n) is 4.77. The maximum atomic E-state index is 12.5. The summed E-state index contributed by atoms with van der Waals surface area (Å²) in [7, 11) is 1.66. The van der Waals surface area contributed by atoms with Gasteiger partial charge in [0.2, 0.25) is 5.91 Å². The first-order chi connectivity index (χ1) is 14.9. The zero-order chi connectivity index (χ0) is 22.1. The summed E-state index contributed by atoms with van der Waals surface area (Å²) in [5, 5.41) is 3.32. The fraction of sp³-hybridized carbons (Fsp3) is 0.423. The molecule has 31 heavy (non-hydrogen) atoms. The van der Waals surface area contributed by atoms with Gasteiger partial charge in [0.25, 0.3) is 0 Å². The number of hydrogen-bond acceptors (Lipinski definition) is 4. The monoisotopic (exact) mass is 420 g/mol. The van der Waals surface area contributed by atoms with Crippen LogP contribution in [0.4, 0.5) is 5.69 Å². The Balaban J connectivity index is 1.69. The van der Waals surface area contributed by atoms with Crippen molar-refractivity contribution in [3.05, 3.63) is 59.7 Å². The van der Waals surface area contributed by atoms with Crippen molar-refractivity contribution in [3.8, 4) is 11.5 Å². The van der Waals surface area contributed by atoms with Gasteiger partial charge in [0, 0.05) is 24.1 Å². The molecule has 1 amide bonds. The SMILES string of the molecule is CCCCOc1ccc(/C=C/[C@@]23NC(=O)CCN2c2ccccc2C3(C)C)cc1OC. The van der Waals surface area contributed by atoms with Crippen LogP contribution in [0.1, 0.15) is 51.2 Å². The molecule has 0 unspecified atom stereocenters. The summed E-state index contributed by atoms with van der Waals surface area (Å²) in [5.74, 6) is 1.56. The Bertz CT molecular complexity index is 998. The standard InChI is InChI=1S/C26H32N2O3/c1-5-6-17-31-22-12-11-19(18-23(22)30-4)13-15-26-25(2,3)20-9-7-8-10-21(20)28(26)16-14-24(29)27-26/h7-13,15,18H,5-6,14,16-17H2,1-4H3,(H,27,29)/b15-13+/t26-/m1/s1. The van der Waals surface area contributed by atoms with E-state index < -0.39 is 5.66 Å². The summed E-state index contributed by atoms with van der Waals surface area (Å²) < 4.78 is 11.4. The molecule has 0 bridgehead atoms. The minimum absolute atomic E-state index is 0.0824. The van der Waals surface area contributed by atoms with Crippen LogP contribution in [0.5, 0.6) is 11.5 Å². The maximum absolute atomic E-state index is 12.5. The molecule has 2 aliphatic heterocycles. The van der Waals surface area contributed by atoms with Crippen LogP contribution >= 0.6 is 0 Å². The Morgan fingerprint density at radius 3 is 2.74 bits per heavy atom. The van der Waals surface area contributed by atoms with Crippen molar-refractivity contribution in [3.63, 3.8) is 0 Å². The van der Waals surface area contributed by atoms with E-state index in [1.807, 2.05) is 18.2 Å². The van der Waals surface area contributed by atoms with Crippen LogP contribution in [-0.4, -0.2) is 31.8 Å². The van der Waals surface area contributed by atoms with Gasteiger partial charge < -0.3 is 19.7 Å². The third-order valence-corrected chi connectivity index (χ3v) is 6.60. The molecule has 1 fully saturated rings. The predicted octanol–water partition coefficient (Wildman–Crippen LogP) is 4.90. The van der Waals surface area contributed by atoms with E-state index >= 15 is 0 Å². The van der Waals surface area contributed by atoms with Gasteiger partial charge in [-0.1, -0.05) is 57.5 Å². The highest BCUT2D eigenvalue weighted by molar-refractivity contribution is 5.84. The van der Waals surface area contributed by atoms with Gasteiger partial charge in [-0.15, -0.1) is 0 Å². The third kappa shape index (κ3) is 3.56. The summed E-state index contributed by atoms with van der Waals surface area (Å²) in [4.78, 5) is 14.9. The molecule has 1 saturated heterocycles.